The topological polar surface area (TPSA) is 108 Å². The van der Waals surface area contributed by atoms with Gasteiger partial charge in [-0.05, 0) is 49.2 Å². The first-order valence-electron chi connectivity index (χ1n) is 12.2. The number of amides is 3. The number of anilines is 2. The SMILES string of the molecule is CCN(C(=O)c1ccc(NC(=O)CN2CCNC(=O)C2CC(=O)OCC(C)C)cc1)c1ccccc1. The first-order chi connectivity index (χ1) is 17.3. The molecule has 1 atom stereocenters. The van der Waals surface area contributed by atoms with Gasteiger partial charge in [0.15, 0.2) is 0 Å². The van der Waals surface area contributed by atoms with E-state index in [2.05, 4.69) is 10.6 Å². The molecule has 2 aromatic carbocycles. The van der Waals surface area contributed by atoms with Crippen molar-refractivity contribution in [1.82, 2.24) is 10.2 Å². The van der Waals surface area contributed by atoms with E-state index in [1.807, 2.05) is 51.1 Å². The van der Waals surface area contributed by atoms with Crippen LogP contribution in [0.2, 0.25) is 0 Å². The van der Waals surface area contributed by atoms with Crippen LogP contribution in [0.4, 0.5) is 11.4 Å². The molecule has 192 valence electrons. The zero-order chi connectivity index (χ0) is 26.1. The quantitative estimate of drug-likeness (QED) is 0.492. The van der Waals surface area contributed by atoms with Crippen LogP contribution in [0.5, 0.6) is 0 Å². The Morgan fingerprint density at radius 1 is 1.11 bits per heavy atom. The molecule has 1 aliphatic heterocycles. The molecule has 0 radical (unpaired) electrons. The zero-order valence-electron chi connectivity index (χ0n) is 21.0. The molecule has 9 nitrogen and oxygen atoms in total. The summed E-state index contributed by atoms with van der Waals surface area (Å²) in [4.78, 5) is 53.6. The molecular formula is C27H34N4O5. The van der Waals surface area contributed by atoms with Gasteiger partial charge in [-0.25, -0.2) is 0 Å². The number of nitrogens with zero attached hydrogens (tertiary/aromatic N) is 2. The number of nitrogens with one attached hydrogen (secondary N) is 2. The Bertz CT molecular complexity index is 1060. The minimum atomic E-state index is -0.762. The fourth-order valence-electron chi connectivity index (χ4n) is 3.94. The average Bonchev–Trinajstić information content (AvgIpc) is 2.86. The molecule has 2 aromatic rings. The molecule has 1 heterocycles. The zero-order valence-corrected chi connectivity index (χ0v) is 21.0. The summed E-state index contributed by atoms with van der Waals surface area (Å²) in [7, 11) is 0. The van der Waals surface area contributed by atoms with Crippen LogP contribution in [-0.4, -0.2) is 67.4 Å². The second-order valence-corrected chi connectivity index (χ2v) is 9.07. The van der Waals surface area contributed by atoms with Crippen molar-refractivity contribution in [3.8, 4) is 0 Å². The van der Waals surface area contributed by atoms with E-state index >= 15 is 0 Å². The number of rotatable bonds is 10. The third kappa shape index (κ3) is 7.39. The van der Waals surface area contributed by atoms with Crippen LogP contribution in [0, 0.1) is 5.92 Å². The highest BCUT2D eigenvalue weighted by atomic mass is 16.5. The van der Waals surface area contributed by atoms with Crippen molar-refractivity contribution >= 4 is 35.1 Å². The number of esters is 1. The smallest absolute Gasteiger partial charge is 0.307 e. The van der Waals surface area contributed by atoms with Crippen molar-refractivity contribution in [2.45, 2.75) is 33.2 Å². The van der Waals surface area contributed by atoms with E-state index in [0.717, 1.165) is 5.69 Å². The molecule has 0 saturated carbocycles. The third-order valence-corrected chi connectivity index (χ3v) is 5.77. The summed E-state index contributed by atoms with van der Waals surface area (Å²) < 4.78 is 5.21. The van der Waals surface area contributed by atoms with Gasteiger partial charge in [0.25, 0.3) is 5.91 Å². The maximum atomic E-state index is 13.0. The van der Waals surface area contributed by atoms with Gasteiger partial charge in [-0.1, -0.05) is 32.0 Å². The van der Waals surface area contributed by atoms with Crippen LogP contribution >= 0.6 is 0 Å². The molecule has 1 saturated heterocycles. The predicted octanol–water partition coefficient (Wildman–Crippen LogP) is 2.68. The van der Waals surface area contributed by atoms with Crippen molar-refractivity contribution < 1.29 is 23.9 Å². The van der Waals surface area contributed by atoms with Crippen LogP contribution in [0.1, 0.15) is 37.6 Å². The van der Waals surface area contributed by atoms with Crippen LogP contribution in [-0.2, 0) is 19.1 Å². The van der Waals surface area contributed by atoms with Crippen LogP contribution in [0.25, 0.3) is 0 Å². The van der Waals surface area contributed by atoms with Crippen LogP contribution in [0.15, 0.2) is 54.6 Å². The highest BCUT2D eigenvalue weighted by Crippen LogP contribution is 2.18. The average molecular weight is 495 g/mol. The van der Waals surface area contributed by atoms with E-state index in [1.165, 1.54) is 0 Å². The highest BCUT2D eigenvalue weighted by molar-refractivity contribution is 6.06. The number of benzene rings is 2. The van der Waals surface area contributed by atoms with E-state index < -0.39 is 12.0 Å². The molecule has 0 bridgehead atoms. The fraction of sp³-hybridized carbons (Fsp3) is 0.407. The summed E-state index contributed by atoms with van der Waals surface area (Å²) in [5.74, 6) is -1.01. The van der Waals surface area contributed by atoms with Gasteiger partial charge < -0.3 is 20.3 Å². The lowest BCUT2D eigenvalue weighted by Gasteiger charge is -2.33. The van der Waals surface area contributed by atoms with Crippen molar-refractivity contribution in [1.29, 1.82) is 0 Å². The second kappa shape index (κ2) is 12.8. The number of para-hydroxylation sites is 1. The van der Waals surface area contributed by atoms with E-state index in [4.69, 9.17) is 4.74 Å². The van der Waals surface area contributed by atoms with E-state index in [-0.39, 0.29) is 43.2 Å². The number of piperazine rings is 1. The molecule has 0 aliphatic carbocycles. The molecule has 1 fully saturated rings. The van der Waals surface area contributed by atoms with Crippen LogP contribution in [0.3, 0.4) is 0 Å². The lowest BCUT2D eigenvalue weighted by atomic mass is 10.1. The first-order valence-corrected chi connectivity index (χ1v) is 12.2. The van der Waals surface area contributed by atoms with Gasteiger partial charge in [0.05, 0.1) is 19.6 Å². The van der Waals surface area contributed by atoms with Gasteiger partial charge in [-0.15, -0.1) is 0 Å². The second-order valence-electron chi connectivity index (χ2n) is 9.07. The number of carbonyl (C=O) groups is 4. The molecule has 3 amide bonds. The summed E-state index contributed by atoms with van der Waals surface area (Å²) in [5.41, 5.74) is 1.86. The molecule has 1 unspecified atom stereocenters. The Hall–Kier alpha value is -3.72. The summed E-state index contributed by atoms with van der Waals surface area (Å²) >= 11 is 0. The maximum absolute atomic E-state index is 13.0. The molecule has 1 aliphatic rings. The Balaban J connectivity index is 1.59. The Morgan fingerprint density at radius 2 is 1.81 bits per heavy atom. The van der Waals surface area contributed by atoms with E-state index in [0.29, 0.717) is 30.9 Å². The van der Waals surface area contributed by atoms with Gasteiger partial charge in [0, 0.05) is 36.6 Å². The van der Waals surface area contributed by atoms with E-state index in [1.54, 1.807) is 34.1 Å². The number of carbonyl (C=O) groups excluding carboxylic acids is 4. The maximum Gasteiger partial charge on any atom is 0.307 e. The van der Waals surface area contributed by atoms with Crippen molar-refractivity contribution in [3.63, 3.8) is 0 Å². The fourth-order valence-corrected chi connectivity index (χ4v) is 3.94. The van der Waals surface area contributed by atoms with Gasteiger partial charge in [0.1, 0.15) is 6.04 Å². The molecule has 0 aromatic heterocycles. The molecule has 2 N–H and O–H groups in total. The number of ether oxygens (including phenoxy) is 1. The van der Waals surface area contributed by atoms with Crippen molar-refractivity contribution in [3.05, 3.63) is 60.2 Å². The van der Waals surface area contributed by atoms with Gasteiger partial charge in [-0.3, -0.25) is 24.1 Å². The van der Waals surface area contributed by atoms with Gasteiger partial charge in [0.2, 0.25) is 11.8 Å². The molecule has 3 rings (SSSR count). The molecule has 0 spiro atoms. The third-order valence-electron chi connectivity index (χ3n) is 5.77. The summed E-state index contributed by atoms with van der Waals surface area (Å²) in [6.07, 6.45) is -0.113. The summed E-state index contributed by atoms with van der Waals surface area (Å²) in [6, 6.07) is 15.4. The normalized spacial score (nSPS) is 15.8. The monoisotopic (exact) mass is 494 g/mol. The lowest BCUT2D eigenvalue weighted by molar-refractivity contribution is -0.149. The van der Waals surface area contributed by atoms with E-state index in [9.17, 15) is 19.2 Å². The Kier molecular flexibility index (Phi) is 9.58. The van der Waals surface area contributed by atoms with Crippen LogP contribution < -0.4 is 15.5 Å². The molecule has 9 heteroatoms. The minimum absolute atomic E-state index is 0.0478. The van der Waals surface area contributed by atoms with Gasteiger partial charge >= 0.3 is 5.97 Å². The number of hydrogen-bond donors (Lipinski definition) is 2. The Morgan fingerprint density at radius 3 is 2.44 bits per heavy atom. The molecule has 36 heavy (non-hydrogen) atoms. The summed E-state index contributed by atoms with van der Waals surface area (Å²) in [5, 5.41) is 5.55. The largest absolute Gasteiger partial charge is 0.465 e. The highest BCUT2D eigenvalue weighted by Gasteiger charge is 2.33. The minimum Gasteiger partial charge on any atom is -0.465 e. The van der Waals surface area contributed by atoms with Crippen molar-refractivity contribution in [2.24, 2.45) is 5.92 Å². The number of hydrogen-bond acceptors (Lipinski definition) is 6. The summed E-state index contributed by atoms with van der Waals surface area (Å²) in [6.45, 7) is 7.39. The standard InChI is InChI=1S/C27H34N4O5/c1-4-31(22-8-6-5-7-9-22)27(35)20-10-12-21(13-11-20)29-24(32)17-30-15-14-28-26(34)23(30)16-25(33)36-18-19(2)3/h5-13,19,23H,4,14-18H2,1-3H3,(H,28,34)(H,29,32). The van der Waals surface area contributed by atoms with Gasteiger partial charge in [-0.2, -0.15) is 0 Å². The van der Waals surface area contributed by atoms with Crippen molar-refractivity contribution in [2.75, 3.05) is 43.0 Å². The predicted molar refractivity (Wildman–Crippen MR) is 138 cm³/mol. The first kappa shape index (κ1) is 26.9. The lowest BCUT2D eigenvalue weighted by Crippen LogP contribution is -2.57. The Labute approximate surface area is 211 Å². The molecular weight excluding hydrogens is 460 g/mol.